The highest BCUT2D eigenvalue weighted by Crippen LogP contribution is 2.33. The van der Waals surface area contributed by atoms with Crippen molar-refractivity contribution in [3.8, 4) is 11.5 Å². The van der Waals surface area contributed by atoms with Gasteiger partial charge >= 0.3 is 0 Å². The monoisotopic (exact) mass is 711 g/mol. The molecular formula is C41H33N3O7S. The van der Waals surface area contributed by atoms with Crippen molar-refractivity contribution < 1.29 is 33.4 Å². The number of nitrogens with one attached hydrogen (secondary N) is 3. The number of thioether (sulfide) groups is 1. The number of rotatable bonds is 11. The van der Waals surface area contributed by atoms with Gasteiger partial charge in [0, 0.05) is 38.4 Å². The first-order chi connectivity index (χ1) is 25.2. The molecule has 52 heavy (non-hydrogen) atoms. The first-order valence-corrected chi connectivity index (χ1v) is 17.0. The Morgan fingerprint density at radius 3 is 2.13 bits per heavy atom. The lowest BCUT2D eigenvalue weighted by Crippen LogP contribution is -2.30. The largest absolute Gasteiger partial charge is 0.497 e. The molecule has 0 aromatic heterocycles. The van der Waals surface area contributed by atoms with Crippen LogP contribution in [0.3, 0.4) is 0 Å². The molecule has 3 N–H and O–H groups in total. The van der Waals surface area contributed by atoms with Gasteiger partial charge in [0.2, 0.25) is 5.91 Å². The van der Waals surface area contributed by atoms with Crippen molar-refractivity contribution >= 4 is 58.5 Å². The number of anilines is 2. The van der Waals surface area contributed by atoms with Crippen molar-refractivity contribution in [2.45, 2.75) is 17.1 Å². The Morgan fingerprint density at radius 2 is 1.40 bits per heavy atom. The van der Waals surface area contributed by atoms with E-state index in [9.17, 15) is 24.0 Å². The van der Waals surface area contributed by atoms with Gasteiger partial charge in [0.05, 0.1) is 30.7 Å². The average molecular weight is 712 g/mol. The lowest BCUT2D eigenvalue weighted by Gasteiger charge is -2.21. The Hall–Kier alpha value is -6.46. The summed E-state index contributed by atoms with van der Waals surface area (Å²) in [7, 11) is 3.02. The van der Waals surface area contributed by atoms with Gasteiger partial charge in [0.25, 0.3) is 11.8 Å². The normalized spacial score (nSPS) is 12.6. The Labute approximate surface area is 304 Å². The molecule has 3 amide bonds. The summed E-state index contributed by atoms with van der Waals surface area (Å²) < 4.78 is 10.8. The summed E-state index contributed by atoms with van der Waals surface area (Å²) in [6.07, 6.45) is 1.50. The number of carbonyl (C=O) groups excluding carboxylic acids is 5. The minimum Gasteiger partial charge on any atom is -0.497 e. The molecule has 0 aliphatic heterocycles. The number of amides is 3. The molecule has 5 aromatic rings. The predicted molar refractivity (Wildman–Crippen MR) is 200 cm³/mol. The van der Waals surface area contributed by atoms with Gasteiger partial charge in [-0.05, 0) is 67.6 Å². The molecule has 0 fully saturated rings. The molecule has 1 unspecified atom stereocenters. The summed E-state index contributed by atoms with van der Waals surface area (Å²) in [5.41, 5.74) is 2.52. The van der Waals surface area contributed by atoms with Crippen molar-refractivity contribution in [2.75, 3.05) is 24.9 Å². The van der Waals surface area contributed by atoms with E-state index in [1.165, 1.54) is 32.1 Å². The number of methoxy groups -OCH3 is 2. The predicted octanol–water partition coefficient (Wildman–Crippen LogP) is 7.01. The molecule has 0 heterocycles. The number of fused-ring (bicyclic) bond motifs is 2. The lowest BCUT2D eigenvalue weighted by atomic mass is 9.83. The van der Waals surface area contributed by atoms with E-state index in [1.54, 1.807) is 122 Å². The third-order valence-electron chi connectivity index (χ3n) is 8.25. The zero-order valence-electron chi connectivity index (χ0n) is 28.4. The standard InChI is InChI=1S/C41H33N3O7S/c1-24(39(47)43-33-18-10-17-32-36(33)38(46)31-16-8-7-15-30(31)37(32)45)52-29-14-9-13-27(23-29)42-41(49)34(44-40(48)25-11-5-4-6-12-25)22-26-21-28(50-2)19-20-35(26)51-3/h4-24H,1-3H3,(H,42,49)(H,43,47)(H,44,48)/b34-22+. The molecule has 0 saturated heterocycles. The molecule has 5 aromatic carbocycles. The van der Waals surface area contributed by atoms with Crippen LogP contribution in [0.1, 0.15) is 54.7 Å². The molecule has 6 rings (SSSR count). The van der Waals surface area contributed by atoms with Crippen LogP contribution < -0.4 is 25.4 Å². The molecule has 10 nitrogen and oxygen atoms in total. The molecule has 1 atom stereocenters. The summed E-state index contributed by atoms with van der Waals surface area (Å²) >= 11 is 1.24. The second-order valence-corrected chi connectivity index (χ2v) is 13.1. The molecule has 0 bridgehead atoms. The Morgan fingerprint density at radius 1 is 0.712 bits per heavy atom. The van der Waals surface area contributed by atoms with Gasteiger partial charge in [-0.2, -0.15) is 0 Å². The highest BCUT2D eigenvalue weighted by atomic mass is 32.2. The second-order valence-electron chi connectivity index (χ2n) is 11.6. The van der Waals surface area contributed by atoms with Crippen LogP contribution >= 0.6 is 11.8 Å². The van der Waals surface area contributed by atoms with Crippen molar-refractivity contribution in [3.05, 3.63) is 154 Å². The zero-order valence-corrected chi connectivity index (χ0v) is 29.2. The minimum absolute atomic E-state index is 0.0481. The van der Waals surface area contributed by atoms with Crippen molar-refractivity contribution in [1.29, 1.82) is 0 Å². The van der Waals surface area contributed by atoms with E-state index >= 15 is 0 Å². The van der Waals surface area contributed by atoms with Crippen LogP contribution in [0.25, 0.3) is 6.08 Å². The number of carbonyl (C=O) groups is 5. The molecular weight excluding hydrogens is 679 g/mol. The number of benzene rings is 5. The molecule has 1 aliphatic rings. The third-order valence-corrected chi connectivity index (χ3v) is 9.34. The van der Waals surface area contributed by atoms with Gasteiger partial charge in [0.15, 0.2) is 11.6 Å². The Bertz CT molecular complexity index is 2250. The van der Waals surface area contributed by atoms with Crippen molar-refractivity contribution in [1.82, 2.24) is 5.32 Å². The maximum atomic E-state index is 13.7. The average Bonchev–Trinajstić information content (AvgIpc) is 3.17. The van der Waals surface area contributed by atoms with Gasteiger partial charge in [-0.3, -0.25) is 24.0 Å². The molecule has 0 radical (unpaired) electrons. The minimum atomic E-state index is -0.635. The first-order valence-electron chi connectivity index (χ1n) is 16.2. The van der Waals surface area contributed by atoms with Gasteiger partial charge < -0.3 is 25.4 Å². The fraction of sp³-hybridized carbons (Fsp3) is 0.0976. The molecule has 0 saturated carbocycles. The summed E-state index contributed by atoms with van der Waals surface area (Å²) in [6, 6.07) is 32.0. The fourth-order valence-electron chi connectivity index (χ4n) is 5.64. The topological polar surface area (TPSA) is 140 Å². The lowest BCUT2D eigenvalue weighted by molar-refractivity contribution is -0.115. The fourth-order valence-corrected chi connectivity index (χ4v) is 6.56. The molecule has 0 spiro atoms. The SMILES string of the molecule is COc1ccc(OC)c(/C=C(/NC(=O)c2ccccc2)C(=O)Nc2cccc(SC(C)C(=O)Nc3cccc4c3C(=O)c3ccccc3C4=O)c2)c1. The summed E-state index contributed by atoms with van der Waals surface area (Å²) in [6.45, 7) is 1.71. The molecule has 260 valence electrons. The highest BCUT2D eigenvalue weighted by Gasteiger charge is 2.32. The summed E-state index contributed by atoms with van der Waals surface area (Å²) in [4.78, 5) is 67.5. The van der Waals surface area contributed by atoms with Crippen LogP contribution in [-0.2, 0) is 9.59 Å². The van der Waals surface area contributed by atoms with Gasteiger partial charge in [-0.1, -0.05) is 60.7 Å². The maximum Gasteiger partial charge on any atom is 0.272 e. The zero-order chi connectivity index (χ0) is 36.8. The van der Waals surface area contributed by atoms with Crippen LogP contribution in [0.4, 0.5) is 11.4 Å². The first kappa shape index (κ1) is 35.4. The number of ketones is 2. The third kappa shape index (κ3) is 7.64. The van der Waals surface area contributed by atoms with Crippen LogP contribution in [0.5, 0.6) is 11.5 Å². The van der Waals surface area contributed by atoms with E-state index in [0.29, 0.717) is 44.3 Å². The Kier molecular flexibility index (Phi) is 10.6. The van der Waals surface area contributed by atoms with Gasteiger partial charge in [0.1, 0.15) is 17.2 Å². The van der Waals surface area contributed by atoms with Crippen molar-refractivity contribution in [2.24, 2.45) is 0 Å². The van der Waals surface area contributed by atoms with E-state index in [-0.39, 0.29) is 40.0 Å². The van der Waals surface area contributed by atoms with Crippen LogP contribution in [0, 0.1) is 0 Å². The van der Waals surface area contributed by atoms with E-state index < -0.39 is 17.1 Å². The number of hydrogen-bond donors (Lipinski definition) is 3. The maximum absolute atomic E-state index is 13.7. The Balaban J connectivity index is 1.19. The number of hydrogen-bond acceptors (Lipinski definition) is 8. The molecule has 1 aliphatic carbocycles. The van der Waals surface area contributed by atoms with Crippen LogP contribution in [0.15, 0.2) is 126 Å². The van der Waals surface area contributed by atoms with E-state index in [0.717, 1.165) is 0 Å². The van der Waals surface area contributed by atoms with E-state index in [4.69, 9.17) is 9.47 Å². The number of ether oxygens (including phenoxy) is 2. The van der Waals surface area contributed by atoms with Gasteiger partial charge in [-0.25, -0.2) is 0 Å². The smallest absolute Gasteiger partial charge is 0.272 e. The van der Waals surface area contributed by atoms with Crippen molar-refractivity contribution in [3.63, 3.8) is 0 Å². The van der Waals surface area contributed by atoms with E-state index in [2.05, 4.69) is 16.0 Å². The highest BCUT2D eigenvalue weighted by molar-refractivity contribution is 8.00. The van der Waals surface area contributed by atoms with E-state index in [1.807, 2.05) is 0 Å². The summed E-state index contributed by atoms with van der Waals surface area (Å²) in [5, 5.41) is 7.76. The van der Waals surface area contributed by atoms with Crippen LogP contribution in [0.2, 0.25) is 0 Å². The van der Waals surface area contributed by atoms with Gasteiger partial charge in [-0.15, -0.1) is 11.8 Å². The molecule has 11 heteroatoms. The summed E-state index contributed by atoms with van der Waals surface area (Å²) in [5.74, 6) is -1.08. The quantitative estimate of drug-likeness (QED) is 0.0964. The second kappa shape index (κ2) is 15.6. The van der Waals surface area contributed by atoms with Crippen LogP contribution in [-0.4, -0.2) is 48.8 Å².